The highest BCUT2D eigenvalue weighted by Gasteiger charge is 2.65. The molecular formula is C23H23F5N2O4. The van der Waals surface area contributed by atoms with Crippen LogP contribution in [0.3, 0.4) is 0 Å². The number of benzene rings is 1. The second-order valence-electron chi connectivity index (χ2n) is 8.75. The Labute approximate surface area is 192 Å². The van der Waals surface area contributed by atoms with Gasteiger partial charge in [0, 0.05) is 17.4 Å². The number of carbonyl (C=O) groups excluding carboxylic acids is 1. The minimum Gasteiger partial charge on any atom is -0.493 e. The van der Waals surface area contributed by atoms with Crippen LogP contribution in [0.15, 0.2) is 24.4 Å². The summed E-state index contributed by atoms with van der Waals surface area (Å²) in [7, 11) is 1.06. The fourth-order valence-corrected chi connectivity index (χ4v) is 4.77. The van der Waals surface area contributed by atoms with Gasteiger partial charge in [0.05, 0.1) is 30.8 Å². The maximum absolute atomic E-state index is 14.4. The number of ether oxygens (including phenoxy) is 2. The first-order valence-electron chi connectivity index (χ1n) is 10.6. The third kappa shape index (κ3) is 3.80. The number of aryl methyl sites for hydroxylation is 1. The number of nitrogens with zero attached hydrogens (tertiary/aromatic N) is 1. The van der Waals surface area contributed by atoms with Crippen LogP contribution in [-0.4, -0.2) is 41.0 Å². The van der Waals surface area contributed by atoms with Gasteiger partial charge in [0.25, 0.3) is 5.91 Å². The molecule has 1 amide bonds. The van der Waals surface area contributed by atoms with Gasteiger partial charge in [-0.2, -0.15) is 17.6 Å². The molecule has 184 valence electrons. The Morgan fingerprint density at radius 2 is 2.03 bits per heavy atom. The molecule has 1 saturated heterocycles. The van der Waals surface area contributed by atoms with Gasteiger partial charge in [-0.3, -0.25) is 9.78 Å². The number of methoxy groups -OCH3 is 1. The van der Waals surface area contributed by atoms with E-state index in [4.69, 9.17) is 9.47 Å². The molecule has 4 rings (SSSR count). The molecular weight excluding hydrogens is 463 g/mol. The molecule has 6 nitrogen and oxygen atoms in total. The van der Waals surface area contributed by atoms with Crippen LogP contribution >= 0.6 is 0 Å². The molecule has 0 radical (unpaired) electrons. The zero-order chi connectivity index (χ0) is 25.0. The Hall–Kier alpha value is -2.79. The smallest absolute Gasteiger partial charge is 0.417 e. The molecule has 1 aliphatic carbocycles. The van der Waals surface area contributed by atoms with Crippen LogP contribution in [-0.2, 0) is 16.0 Å². The van der Waals surface area contributed by atoms with Crippen molar-refractivity contribution < 1.29 is 41.3 Å². The summed E-state index contributed by atoms with van der Waals surface area (Å²) in [6.07, 6.45) is -4.96. The number of alkyl halides is 3. The average Bonchev–Trinajstić information content (AvgIpc) is 3.27. The van der Waals surface area contributed by atoms with Gasteiger partial charge in [-0.15, -0.1) is 0 Å². The Bertz CT molecular complexity index is 1130. The van der Waals surface area contributed by atoms with Gasteiger partial charge < -0.3 is 19.9 Å². The van der Waals surface area contributed by atoms with E-state index in [-0.39, 0.29) is 11.3 Å². The van der Waals surface area contributed by atoms with Crippen molar-refractivity contribution in [3.63, 3.8) is 0 Å². The molecule has 2 aromatic rings. The summed E-state index contributed by atoms with van der Waals surface area (Å²) in [6.45, 7) is 2.06. The molecule has 2 aliphatic rings. The molecule has 2 heterocycles. The van der Waals surface area contributed by atoms with E-state index in [0.717, 1.165) is 26.2 Å². The van der Waals surface area contributed by atoms with E-state index in [1.54, 1.807) is 6.07 Å². The van der Waals surface area contributed by atoms with Crippen LogP contribution in [0.1, 0.15) is 49.1 Å². The van der Waals surface area contributed by atoms with Gasteiger partial charge in [-0.1, -0.05) is 13.0 Å². The van der Waals surface area contributed by atoms with Crippen molar-refractivity contribution in [3.8, 4) is 5.75 Å². The number of fused-ring (bicyclic) bond motifs is 1. The van der Waals surface area contributed by atoms with E-state index in [1.807, 2.05) is 0 Å². The van der Waals surface area contributed by atoms with Crippen LogP contribution in [0.5, 0.6) is 5.75 Å². The summed E-state index contributed by atoms with van der Waals surface area (Å²) in [5, 5.41) is 12.4. The number of rotatable bonds is 4. The highest BCUT2D eigenvalue weighted by Crippen LogP contribution is 2.55. The highest BCUT2D eigenvalue weighted by molar-refractivity contribution is 5.95. The molecule has 34 heavy (non-hydrogen) atoms. The maximum atomic E-state index is 14.4. The third-order valence-corrected chi connectivity index (χ3v) is 6.84. The number of pyridine rings is 1. The number of anilines is 1. The molecule has 0 spiro atoms. The number of aliphatic hydroxyl groups is 1. The maximum Gasteiger partial charge on any atom is 0.417 e. The van der Waals surface area contributed by atoms with Gasteiger partial charge in [-0.25, -0.2) is 4.39 Å². The summed E-state index contributed by atoms with van der Waals surface area (Å²) >= 11 is 0. The zero-order valence-corrected chi connectivity index (χ0v) is 18.5. The summed E-state index contributed by atoms with van der Waals surface area (Å²) in [6, 6.07) is 3.46. The van der Waals surface area contributed by atoms with Crippen molar-refractivity contribution in [2.24, 2.45) is 5.92 Å². The van der Waals surface area contributed by atoms with Gasteiger partial charge in [0.15, 0.2) is 17.2 Å². The van der Waals surface area contributed by atoms with E-state index in [9.17, 15) is 31.9 Å². The van der Waals surface area contributed by atoms with Crippen molar-refractivity contribution in [1.29, 1.82) is 0 Å². The van der Waals surface area contributed by atoms with Gasteiger partial charge in [-0.05, 0) is 37.5 Å². The van der Waals surface area contributed by atoms with E-state index >= 15 is 0 Å². The third-order valence-electron chi connectivity index (χ3n) is 6.84. The van der Waals surface area contributed by atoms with E-state index in [0.29, 0.717) is 24.1 Å². The predicted octanol–water partition coefficient (Wildman–Crippen LogP) is 4.43. The van der Waals surface area contributed by atoms with E-state index in [1.165, 1.54) is 13.1 Å². The predicted molar refractivity (Wildman–Crippen MR) is 110 cm³/mol. The van der Waals surface area contributed by atoms with Crippen LogP contribution in [0.25, 0.3) is 0 Å². The van der Waals surface area contributed by atoms with Crippen LogP contribution in [0.4, 0.5) is 27.6 Å². The zero-order valence-electron chi connectivity index (χ0n) is 18.5. The molecule has 1 aromatic heterocycles. The van der Waals surface area contributed by atoms with E-state index < -0.39 is 59.1 Å². The summed E-state index contributed by atoms with van der Waals surface area (Å²) < 4.78 is 80.5. The Kier molecular flexibility index (Phi) is 6.05. The first kappa shape index (κ1) is 24.3. The number of halogens is 5. The van der Waals surface area contributed by atoms with Gasteiger partial charge in [0.1, 0.15) is 6.10 Å². The normalized spacial score (nSPS) is 28.6. The number of hydrogen-bond donors (Lipinski definition) is 2. The molecule has 2 N–H and O–H groups in total. The molecule has 5 atom stereocenters. The van der Waals surface area contributed by atoms with Crippen molar-refractivity contribution in [1.82, 2.24) is 4.98 Å². The lowest BCUT2D eigenvalue weighted by molar-refractivity contribution is -0.272. The van der Waals surface area contributed by atoms with Crippen molar-refractivity contribution in [2.45, 2.75) is 56.6 Å². The van der Waals surface area contributed by atoms with Crippen molar-refractivity contribution >= 4 is 11.6 Å². The monoisotopic (exact) mass is 486 g/mol. The number of carbonyl (C=O) groups is 1. The lowest BCUT2D eigenvalue weighted by Crippen LogP contribution is -2.47. The summed E-state index contributed by atoms with van der Waals surface area (Å²) in [5.74, 6) is -6.75. The second-order valence-corrected chi connectivity index (χ2v) is 8.75. The Morgan fingerprint density at radius 3 is 2.68 bits per heavy atom. The van der Waals surface area contributed by atoms with Crippen LogP contribution in [0, 0.1) is 17.6 Å². The molecule has 1 fully saturated rings. The SMILES string of the molecule is COc1c([C@H]2[C@H](C(=O)Nc3cnc4c(c3)CCC4O)O[C@@](C)(C(F)(F)F)[C@H]2C)ccc(F)c1F. The highest BCUT2D eigenvalue weighted by atomic mass is 19.4. The quantitative estimate of drug-likeness (QED) is 0.626. The fourth-order valence-electron chi connectivity index (χ4n) is 4.77. The molecule has 0 saturated carbocycles. The number of amides is 1. The number of aromatic nitrogens is 1. The van der Waals surface area contributed by atoms with Crippen LogP contribution < -0.4 is 10.1 Å². The Balaban J connectivity index is 1.73. The molecule has 0 bridgehead atoms. The lowest BCUT2D eigenvalue weighted by atomic mass is 9.77. The van der Waals surface area contributed by atoms with Gasteiger partial charge >= 0.3 is 6.18 Å². The Morgan fingerprint density at radius 1 is 1.32 bits per heavy atom. The fraction of sp³-hybridized carbons (Fsp3) is 0.478. The van der Waals surface area contributed by atoms with Crippen LogP contribution in [0.2, 0.25) is 0 Å². The number of hydrogen-bond acceptors (Lipinski definition) is 5. The number of nitrogens with one attached hydrogen (secondary N) is 1. The lowest BCUT2D eigenvalue weighted by Gasteiger charge is -2.32. The minimum absolute atomic E-state index is 0.114. The van der Waals surface area contributed by atoms with Crippen molar-refractivity contribution in [2.75, 3.05) is 12.4 Å². The summed E-state index contributed by atoms with van der Waals surface area (Å²) in [4.78, 5) is 17.3. The first-order chi connectivity index (χ1) is 15.9. The second kappa shape index (κ2) is 8.46. The van der Waals surface area contributed by atoms with Crippen molar-refractivity contribution in [3.05, 3.63) is 52.9 Å². The molecule has 11 heteroatoms. The first-order valence-corrected chi connectivity index (χ1v) is 10.6. The van der Waals surface area contributed by atoms with Gasteiger partial charge in [0.2, 0.25) is 5.82 Å². The summed E-state index contributed by atoms with van der Waals surface area (Å²) in [5.41, 5.74) is -1.44. The molecule has 1 aliphatic heterocycles. The standard InChI is InChI=1S/C23H23F5N2O4/c1-10-16(13-5-6-14(24)17(25)19(13)33-3)20(34-22(10,2)23(26,27)28)21(32)30-12-8-11-4-7-15(31)18(11)29-9-12/h5-6,8-10,15-16,20,31H,4,7H2,1-3H3,(H,30,32)/t10-,15?,16-,20+,22+/m0/s1. The molecule has 1 aromatic carbocycles. The number of aliphatic hydroxyl groups excluding tert-OH is 1. The minimum atomic E-state index is -4.85. The largest absolute Gasteiger partial charge is 0.493 e. The topological polar surface area (TPSA) is 80.7 Å². The average molecular weight is 486 g/mol. The van der Waals surface area contributed by atoms with E-state index in [2.05, 4.69) is 10.3 Å². The molecule has 1 unspecified atom stereocenters.